The Bertz CT molecular complexity index is 914. The van der Waals surface area contributed by atoms with Gasteiger partial charge in [0.15, 0.2) is 0 Å². The zero-order valence-corrected chi connectivity index (χ0v) is 14.6. The molecule has 2 aromatic carbocycles. The number of aromatic nitrogens is 1. The molecular formula is C21H21FN2O2. The predicted octanol–water partition coefficient (Wildman–Crippen LogP) is 3.49. The van der Waals surface area contributed by atoms with E-state index in [1.54, 1.807) is 18.2 Å². The Morgan fingerprint density at radius 2 is 1.96 bits per heavy atom. The summed E-state index contributed by atoms with van der Waals surface area (Å²) in [5.41, 5.74) is 1.07. The summed E-state index contributed by atoms with van der Waals surface area (Å²) in [5, 5.41) is 13.0. The number of nitrogens with zero attached hydrogens (tertiary/aromatic N) is 1. The van der Waals surface area contributed by atoms with Crippen LogP contribution >= 0.6 is 0 Å². The maximum atomic E-state index is 13.7. The van der Waals surface area contributed by atoms with E-state index in [4.69, 9.17) is 0 Å². The van der Waals surface area contributed by atoms with E-state index in [1.165, 1.54) is 12.3 Å². The molecule has 0 aliphatic heterocycles. The first-order chi connectivity index (χ1) is 12.5. The number of pyridine rings is 1. The van der Waals surface area contributed by atoms with E-state index in [0.717, 1.165) is 5.56 Å². The maximum Gasteiger partial charge on any atom is 0.253 e. The highest BCUT2D eigenvalue weighted by molar-refractivity contribution is 5.97. The lowest BCUT2D eigenvalue weighted by molar-refractivity contribution is 0.0889. The highest BCUT2D eigenvalue weighted by Crippen LogP contribution is 2.20. The lowest BCUT2D eigenvalue weighted by atomic mass is 9.89. The van der Waals surface area contributed by atoms with Crippen molar-refractivity contribution in [2.45, 2.75) is 25.3 Å². The minimum Gasteiger partial charge on any atom is -0.396 e. The maximum absolute atomic E-state index is 13.7. The summed E-state index contributed by atoms with van der Waals surface area (Å²) in [6.45, 7) is 1.87. The molecule has 0 bridgehead atoms. The van der Waals surface area contributed by atoms with Gasteiger partial charge in [0, 0.05) is 23.7 Å². The average molecular weight is 352 g/mol. The van der Waals surface area contributed by atoms with Gasteiger partial charge in [-0.05, 0) is 37.5 Å². The van der Waals surface area contributed by atoms with Crippen molar-refractivity contribution in [2.24, 2.45) is 0 Å². The lowest BCUT2D eigenvalue weighted by Gasteiger charge is -2.30. The highest BCUT2D eigenvalue weighted by Gasteiger charge is 2.27. The second-order valence-electron chi connectivity index (χ2n) is 6.69. The minimum atomic E-state index is -0.607. The molecule has 1 aromatic heterocycles. The molecule has 0 spiro atoms. The summed E-state index contributed by atoms with van der Waals surface area (Å²) in [7, 11) is 0. The molecule has 1 unspecified atom stereocenters. The number of amides is 1. The van der Waals surface area contributed by atoms with Crippen LogP contribution in [0.2, 0.25) is 0 Å². The second kappa shape index (κ2) is 7.62. The summed E-state index contributed by atoms with van der Waals surface area (Å²) in [6.07, 6.45) is 2.39. The molecule has 134 valence electrons. The summed E-state index contributed by atoms with van der Waals surface area (Å²) in [6, 6.07) is 16.1. The van der Waals surface area contributed by atoms with Crippen LogP contribution in [-0.2, 0) is 6.42 Å². The van der Waals surface area contributed by atoms with Crippen molar-refractivity contribution in [3.63, 3.8) is 0 Å². The standard InChI is InChI=1S/C21H21FN2O2/c1-21(10-11-25,13-15-6-3-2-4-7-15)24-20(26)17-12-16-8-5-9-18(22)19(16)23-14-17/h2-9,12,14,25H,10-11,13H2,1H3,(H,24,26). The van der Waals surface area contributed by atoms with Crippen LogP contribution in [0.1, 0.15) is 29.3 Å². The van der Waals surface area contributed by atoms with Crippen molar-refractivity contribution in [1.29, 1.82) is 0 Å². The first-order valence-corrected chi connectivity index (χ1v) is 8.52. The third-order valence-electron chi connectivity index (χ3n) is 4.44. The van der Waals surface area contributed by atoms with E-state index < -0.39 is 11.4 Å². The molecule has 3 rings (SSSR count). The molecular weight excluding hydrogens is 331 g/mol. The number of fused-ring (bicyclic) bond motifs is 1. The number of hydrogen-bond acceptors (Lipinski definition) is 3. The number of rotatable bonds is 6. The van der Waals surface area contributed by atoms with Crippen molar-refractivity contribution in [2.75, 3.05) is 6.61 Å². The second-order valence-corrected chi connectivity index (χ2v) is 6.69. The molecule has 0 saturated carbocycles. The van der Waals surface area contributed by atoms with Crippen LogP contribution in [0.15, 0.2) is 60.8 Å². The van der Waals surface area contributed by atoms with Crippen LogP contribution in [0.3, 0.4) is 0 Å². The van der Waals surface area contributed by atoms with E-state index in [2.05, 4.69) is 10.3 Å². The third-order valence-corrected chi connectivity index (χ3v) is 4.44. The molecule has 2 N–H and O–H groups in total. The molecule has 5 heteroatoms. The molecule has 0 aliphatic carbocycles. The van der Waals surface area contributed by atoms with Crippen molar-refractivity contribution in [3.8, 4) is 0 Å². The van der Waals surface area contributed by atoms with Crippen LogP contribution in [0, 0.1) is 5.82 Å². The van der Waals surface area contributed by atoms with Crippen molar-refractivity contribution < 1.29 is 14.3 Å². The molecule has 0 fully saturated rings. The Hall–Kier alpha value is -2.79. The summed E-state index contributed by atoms with van der Waals surface area (Å²) >= 11 is 0. The third kappa shape index (κ3) is 4.06. The summed E-state index contributed by atoms with van der Waals surface area (Å²) < 4.78 is 13.7. The van der Waals surface area contributed by atoms with E-state index in [-0.39, 0.29) is 18.0 Å². The fourth-order valence-corrected chi connectivity index (χ4v) is 3.08. The Balaban J connectivity index is 1.83. The normalized spacial score (nSPS) is 13.3. The number of carbonyl (C=O) groups excluding carboxylic acids is 1. The number of aliphatic hydroxyl groups is 1. The first-order valence-electron chi connectivity index (χ1n) is 8.52. The lowest BCUT2D eigenvalue weighted by Crippen LogP contribution is -2.48. The van der Waals surface area contributed by atoms with Gasteiger partial charge in [0.25, 0.3) is 5.91 Å². The van der Waals surface area contributed by atoms with Crippen LogP contribution in [0.5, 0.6) is 0 Å². The van der Waals surface area contributed by atoms with E-state index >= 15 is 0 Å². The Labute approximate surface area is 151 Å². The summed E-state index contributed by atoms with van der Waals surface area (Å²) in [5.74, 6) is -0.709. The number of carbonyl (C=O) groups is 1. The van der Waals surface area contributed by atoms with Crippen molar-refractivity contribution in [1.82, 2.24) is 10.3 Å². The van der Waals surface area contributed by atoms with Gasteiger partial charge in [0.05, 0.1) is 5.56 Å². The zero-order valence-electron chi connectivity index (χ0n) is 14.6. The Morgan fingerprint density at radius 3 is 2.69 bits per heavy atom. The number of hydrogen-bond donors (Lipinski definition) is 2. The van der Waals surface area contributed by atoms with Crippen LogP contribution in [0.25, 0.3) is 10.9 Å². The topological polar surface area (TPSA) is 62.2 Å². The van der Waals surface area contributed by atoms with Gasteiger partial charge in [-0.3, -0.25) is 9.78 Å². The van der Waals surface area contributed by atoms with Gasteiger partial charge in [-0.15, -0.1) is 0 Å². The van der Waals surface area contributed by atoms with Crippen LogP contribution in [-0.4, -0.2) is 28.1 Å². The molecule has 1 heterocycles. The van der Waals surface area contributed by atoms with Gasteiger partial charge < -0.3 is 10.4 Å². The van der Waals surface area contributed by atoms with Gasteiger partial charge in [-0.1, -0.05) is 42.5 Å². The molecule has 4 nitrogen and oxygen atoms in total. The average Bonchev–Trinajstić information content (AvgIpc) is 2.62. The quantitative estimate of drug-likeness (QED) is 0.714. The molecule has 0 radical (unpaired) electrons. The van der Waals surface area contributed by atoms with Crippen molar-refractivity contribution in [3.05, 3.63) is 77.7 Å². The van der Waals surface area contributed by atoms with E-state index in [1.807, 2.05) is 37.3 Å². The zero-order chi connectivity index (χ0) is 18.6. The molecule has 0 saturated heterocycles. The van der Waals surface area contributed by atoms with E-state index in [0.29, 0.717) is 23.8 Å². The van der Waals surface area contributed by atoms with Crippen LogP contribution < -0.4 is 5.32 Å². The number of halogens is 1. The monoisotopic (exact) mass is 352 g/mol. The first kappa shape index (κ1) is 18.0. The number of aliphatic hydroxyl groups excluding tert-OH is 1. The van der Waals surface area contributed by atoms with Crippen LogP contribution in [0.4, 0.5) is 4.39 Å². The Kier molecular flexibility index (Phi) is 5.28. The molecule has 1 amide bonds. The number of benzene rings is 2. The van der Waals surface area contributed by atoms with Gasteiger partial charge in [-0.25, -0.2) is 4.39 Å². The van der Waals surface area contributed by atoms with Gasteiger partial charge in [-0.2, -0.15) is 0 Å². The SMILES string of the molecule is CC(CCO)(Cc1ccccc1)NC(=O)c1cnc2c(F)cccc2c1. The fraction of sp³-hybridized carbons (Fsp3) is 0.238. The predicted molar refractivity (Wildman–Crippen MR) is 99.4 cm³/mol. The molecule has 26 heavy (non-hydrogen) atoms. The number of nitrogens with one attached hydrogen (secondary N) is 1. The van der Waals surface area contributed by atoms with Gasteiger partial charge in [0.1, 0.15) is 11.3 Å². The molecule has 0 aliphatic rings. The fourth-order valence-electron chi connectivity index (χ4n) is 3.08. The van der Waals surface area contributed by atoms with Gasteiger partial charge in [0.2, 0.25) is 0 Å². The largest absolute Gasteiger partial charge is 0.396 e. The summed E-state index contributed by atoms with van der Waals surface area (Å²) in [4.78, 5) is 16.8. The Morgan fingerprint density at radius 1 is 1.19 bits per heavy atom. The smallest absolute Gasteiger partial charge is 0.253 e. The highest BCUT2D eigenvalue weighted by atomic mass is 19.1. The van der Waals surface area contributed by atoms with E-state index in [9.17, 15) is 14.3 Å². The van der Waals surface area contributed by atoms with Crippen molar-refractivity contribution >= 4 is 16.8 Å². The molecule has 3 aromatic rings. The number of para-hydroxylation sites is 1. The molecule has 1 atom stereocenters. The van der Waals surface area contributed by atoms with Gasteiger partial charge >= 0.3 is 0 Å². The minimum absolute atomic E-state index is 0.0369.